The third-order valence-corrected chi connectivity index (χ3v) is 3.76. The van der Waals surface area contributed by atoms with E-state index >= 15 is 0 Å². The highest BCUT2D eigenvalue weighted by Crippen LogP contribution is 2.32. The summed E-state index contributed by atoms with van der Waals surface area (Å²) in [4.78, 5) is 14.5. The van der Waals surface area contributed by atoms with Crippen molar-refractivity contribution >= 4 is 38.4 Å². The number of hydrogen-bond acceptors (Lipinski definition) is 1. The minimum Gasteiger partial charge on any atom is -0.351 e. The summed E-state index contributed by atoms with van der Waals surface area (Å²) in [6, 6.07) is 12.4. The zero-order chi connectivity index (χ0) is 16.6. The Hall–Kier alpha value is -2.28. The van der Waals surface area contributed by atoms with Crippen LogP contribution >= 0.6 is 15.9 Å². The summed E-state index contributed by atoms with van der Waals surface area (Å²) < 4.78 is 38.8. The number of aromatic amines is 1. The number of alkyl halides is 3. The molecule has 0 aliphatic heterocycles. The maximum atomic E-state index is 12.7. The zero-order valence-corrected chi connectivity index (χ0v) is 13.1. The summed E-state index contributed by atoms with van der Waals surface area (Å²) in [7, 11) is 0. The highest BCUT2D eigenvalue weighted by molar-refractivity contribution is 9.10. The van der Waals surface area contributed by atoms with E-state index in [-0.39, 0.29) is 5.91 Å². The molecule has 0 spiro atoms. The second-order valence-electron chi connectivity index (χ2n) is 4.95. The first-order chi connectivity index (χ1) is 10.8. The number of halogens is 4. The van der Waals surface area contributed by atoms with Gasteiger partial charge in [-0.15, -0.1) is 0 Å². The fourth-order valence-corrected chi connectivity index (χ4v) is 2.60. The molecule has 0 bridgehead atoms. The number of aromatic nitrogens is 1. The lowest BCUT2D eigenvalue weighted by Gasteiger charge is -2.05. The van der Waals surface area contributed by atoms with Gasteiger partial charge < -0.3 is 10.3 Å². The Morgan fingerprint density at radius 1 is 1.09 bits per heavy atom. The minimum atomic E-state index is -4.43. The van der Waals surface area contributed by atoms with Crippen molar-refractivity contribution in [1.29, 1.82) is 0 Å². The number of carbonyl (C=O) groups excluding carboxylic acids is 1. The van der Waals surface area contributed by atoms with Crippen LogP contribution in [0.1, 0.15) is 16.1 Å². The number of amides is 1. The summed E-state index contributed by atoms with van der Waals surface area (Å²) in [5.74, 6) is -0.336. The van der Waals surface area contributed by atoms with Crippen LogP contribution in [0.25, 0.3) is 10.9 Å². The first kappa shape index (κ1) is 15.6. The van der Waals surface area contributed by atoms with Crippen molar-refractivity contribution in [2.75, 3.05) is 5.32 Å². The third kappa shape index (κ3) is 3.39. The van der Waals surface area contributed by atoms with Crippen LogP contribution in [0.4, 0.5) is 18.9 Å². The minimum absolute atomic E-state index is 0.336. The zero-order valence-electron chi connectivity index (χ0n) is 11.5. The summed E-state index contributed by atoms with van der Waals surface area (Å²) in [6.07, 6.45) is -4.43. The molecule has 0 atom stereocenters. The number of hydrogen-bond donors (Lipinski definition) is 2. The Bertz CT molecular complexity index is 886. The van der Waals surface area contributed by atoms with Crippen molar-refractivity contribution < 1.29 is 18.0 Å². The lowest BCUT2D eigenvalue weighted by atomic mass is 10.2. The first-order valence-electron chi connectivity index (χ1n) is 6.60. The van der Waals surface area contributed by atoms with Crippen molar-refractivity contribution in [1.82, 2.24) is 4.98 Å². The molecule has 3 aromatic rings. The van der Waals surface area contributed by atoms with E-state index in [1.807, 2.05) is 0 Å². The molecule has 0 aliphatic rings. The van der Waals surface area contributed by atoms with Crippen LogP contribution in [0.5, 0.6) is 0 Å². The van der Waals surface area contributed by atoms with Crippen molar-refractivity contribution in [3.63, 3.8) is 0 Å². The average molecular weight is 383 g/mol. The van der Waals surface area contributed by atoms with Gasteiger partial charge in [0.25, 0.3) is 5.91 Å². The highest BCUT2D eigenvalue weighted by atomic mass is 79.9. The van der Waals surface area contributed by atoms with Crippen molar-refractivity contribution in [3.05, 3.63) is 64.3 Å². The molecular formula is C16H10BrF3N2O. The van der Waals surface area contributed by atoms with Gasteiger partial charge in [-0.3, -0.25) is 4.79 Å². The van der Waals surface area contributed by atoms with Crippen LogP contribution in [0.3, 0.4) is 0 Å². The van der Waals surface area contributed by atoms with Crippen LogP contribution in [-0.4, -0.2) is 10.9 Å². The van der Waals surface area contributed by atoms with Gasteiger partial charge >= 0.3 is 6.18 Å². The van der Waals surface area contributed by atoms with Gasteiger partial charge in [0.1, 0.15) is 5.69 Å². The molecule has 0 unspecified atom stereocenters. The number of benzene rings is 2. The molecule has 1 aromatic heterocycles. The molecule has 2 N–H and O–H groups in total. The molecule has 118 valence electrons. The maximum absolute atomic E-state index is 12.7. The predicted octanol–water partition coefficient (Wildman–Crippen LogP) is 5.20. The maximum Gasteiger partial charge on any atom is 0.431 e. The number of rotatable bonds is 2. The average Bonchev–Trinajstić information content (AvgIpc) is 2.90. The van der Waals surface area contributed by atoms with E-state index in [1.165, 1.54) is 12.1 Å². The van der Waals surface area contributed by atoms with Crippen molar-refractivity contribution in [2.45, 2.75) is 6.18 Å². The lowest BCUT2D eigenvalue weighted by Crippen LogP contribution is -2.11. The van der Waals surface area contributed by atoms with Gasteiger partial charge in [-0.2, -0.15) is 13.2 Å². The van der Waals surface area contributed by atoms with Crippen LogP contribution in [0.15, 0.2) is 53.0 Å². The Kier molecular flexibility index (Phi) is 3.89. The van der Waals surface area contributed by atoms with Crippen LogP contribution in [0, 0.1) is 0 Å². The number of fused-ring (bicyclic) bond motifs is 1. The molecule has 1 heterocycles. The van der Waals surface area contributed by atoms with E-state index in [0.29, 0.717) is 22.2 Å². The molecule has 0 aliphatic carbocycles. The molecule has 3 rings (SSSR count). The van der Waals surface area contributed by atoms with Gasteiger partial charge in [0.2, 0.25) is 0 Å². The molecule has 23 heavy (non-hydrogen) atoms. The summed E-state index contributed by atoms with van der Waals surface area (Å²) in [5, 5.41) is 3.05. The molecule has 3 nitrogen and oxygen atoms in total. The van der Waals surface area contributed by atoms with E-state index < -0.39 is 11.9 Å². The van der Waals surface area contributed by atoms with Crippen molar-refractivity contribution in [2.24, 2.45) is 0 Å². The summed E-state index contributed by atoms with van der Waals surface area (Å²) in [5.41, 5.74) is 0.417. The van der Waals surface area contributed by atoms with E-state index in [2.05, 4.69) is 26.2 Å². The van der Waals surface area contributed by atoms with E-state index in [9.17, 15) is 18.0 Å². The van der Waals surface area contributed by atoms with Crippen LogP contribution in [-0.2, 0) is 6.18 Å². The number of nitrogens with one attached hydrogen (secondary N) is 2. The molecule has 0 fully saturated rings. The standard InChI is InChI=1S/C16H10BrF3N2O/c17-11-3-1-2-9(6-11)15(23)21-12-4-5-13-10(7-12)8-14(22-13)16(18,19)20/h1-8,22H,(H,21,23). The van der Waals surface area contributed by atoms with E-state index in [4.69, 9.17) is 0 Å². The Morgan fingerprint density at radius 3 is 2.57 bits per heavy atom. The monoisotopic (exact) mass is 382 g/mol. The van der Waals surface area contributed by atoms with Crippen LogP contribution in [0.2, 0.25) is 0 Å². The van der Waals surface area contributed by atoms with E-state index in [1.54, 1.807) is 30.3 Å². The van der Waals surface area contributed by atoms with Gasteiger partial charge in [-0.05, 0) is 42.5 Å². The number of carbonyl (C=O) groups is 1. The van der Waals surface area contributed by atoms with Crippen LogP contribution < -0.4 is 5.32 Å². The first-order valence-corrected chi connectivity index (χ1v) is 7.39. The topological polar surface area (TPSA) is 44.9 Å². The smallest absolute Gasteiger partial charge is 0.351 e. The van der Waals surface area contributed by atoms with Gasteiger partial charge in [0.15, 0.2) is 0 Å². The Morgan fingerprint density at radius 2 is 1.87 bits per heavy atom. The quantitative estimate of drug-likeness (QED) is 0.628. The van der Waals surface area contributed by atoms with Gasteiger partial charge in [0.05, 0.1) is 0 Å². The molecule has 0 radical (unpaired) electrons. The predicted molar refractivity (Wildman–Crippen MR) is 85.4 cm³/mol. The Balaban J connectivity index is 1.87. The molecule has 0 saturated heterocycles. The second-order valence-corrected chi connectivity index (χ2v) is 5.86. The number of H-pyrrole nitrogens is 1. The molecule has 1 amide bonds. The SMILES string of the molecule is O=C(Nc1ccc2[nH]c(C(F)(F)F)cc2c1)c1cccc(Br)c1. The van der Waals surface area contributed by atoms with E-state index in [0.717, 1.165) is 10.5 Å². The Labute approximate surface area is 137 Å². The highest BCUT2D eigenvalue weighted by Gasteiger charge is 2.32. The van der Waals surface area contributed by atoms with Gasteiger partial charge in [-0.25, -0.2) is 0 Å². The molecule has 7 heteroatoms. The normalized spacial score (nSPS) is 11.7. The van der Waals surface area contributed by atoms with Gasteiger partial charge in [-0.1, -0.05) is 22.0 Å². The fourth-order valence-electron chi connectivity index (χ4n) is 2.20. The molecular weight excluding hydrogens is 373 g/mol. The molecule has 0 saturated carbocycles. The fraction of sp³-hybridized carbons (Fsp3) is 0.0625. The second kappa shape index (κ2) is 5.73. The van der Waals surface area contributed by atoms with Crippen molar-refractivity contribution in [3.8, 4) is 0 Å². The third-order valence-electron chi connectivity index (χ3n) is 3.27. The number of anilines is 1. The largest absolute Gasteiger partial charge is 0.431 e. The summed E-state index contributed by atoms with van der Waals surface area (Å²) >= 11 is 3.28. The summed E-state index contributed by atoms with van der Waals surface area (Å²) in [6.45, 7) is 0. The molecule has 2 aromatic carbocycles. The lowest BCUT2D eigenvalue weighted by molar-refractivity contribution is -0.140. The van der Waals surface area contributed by atoms with Gasteiger partial charge in [0, 0.05) is 26.6 Å².